The molecule has 0 saturated heterocycles. The standard InChI is InChI=1S/C11H20N2O2/c1-3-4-7-15-8-5-6-13-11(14)10(2)9-12/h10H,3-8H2,1-2H3,(H,13,14). The predicted octanol–water partition coefficient (Wildman–Crippen LogP) is 1.47. The third kappa shape index (κ3) is 7.95. The maximum absolute atomic E-state index is 11.1. The summed E-state index contributed by atoms with van der Waals surface area (Å²) >= 11 is 0. The van der Waals surface area contributed by atoms with Crippen LogP contribution in [0.5, 0.6) is 0 Å². The van der Waals surface area contributed by atoms with Gasteiger partial charge in [0.05, 0.1) is 6.07 Å². The van der Waals surface area contributed by atoms with E-state index in [1.54, 1.807) is 6.92 Å². The number of amides is 1. The lowest BCUT2D eigenvalue weighted by atomic mass is 10.2. The molecule has 4 heteroatoms. The zero-order valence-electron chi connectivity index (χ0n) is 9.58. The number of carbonyl (C=O) groups is 1. The topological polar surface area (TPSA) is 62.1 Å². The first-order valence-electron chi connectivity index (χ1n) is 5.47. The van der Waals surface area contributed by atoms with Gasteiger partial charge in [0.25, 0.3) is 0 Å². The first-order chi connectivity index (χ1) is 7.22. The van der Waals surface area contributed by atoms with Crippen LogP contribution in [-0.4, -0.2) is 25.7 Å². The third-order valence-corrected chi connectivity index (χ3v) is 1.99. The highest BCUT2D eigenvalue weighted by atomic mass is 16.5. The number of nitrogens with one attached hydrogen (secondary N) is 1. The fourth-order valence-corrected chi connectivity index (χ4v) is 0.946. The Labute approximate surface area is 91.6 Å². The number of rotatable bonds is 8. The van der Waals surface area contributed by atoms with Crippen molar-refractivity contribution in [3.8, 4) is 6.07 Å². The van der Waals surface area contributed by atoms with Gasteiger partial charge < -0.3 is 10.1 Å². The van der Waals surface area contributed by atoms with Crippen molar-refractivity contribution in [1.29, 1.82) is 5.26 Å². The normalized spacial score (nSPS) is 11.8. The van der Waals surface area contributed by atoms with E-state index in [2.05, 4.69) is 12.2 Å². The van der Waals surface area contributed by atoms with Gasteiger partial charge in [-0.1, -0.05) is 13.3 Å². The Kier molecular flexibility index (Phi) is 8.79. The minimum absolute atomic E-state index is 0.203. The van der Waals surface area contributed by atoms with E-state index >= 15 is 0 Å². The van der Waals surface area contributed by atoms with E-state index in [9.17, 15) is 4.79 Å². The Morgan fingerprint density at radius 1 is 1.47 bits per heavy atom. The molecular formula is C11H20N2O2. The molecule has 0 aliphatic heterocycles. The van der Waals surface area contributed by atoms with Crippen LogP contribution in [0.4, 0.5) is 0 Å². The number of unbranched alkanes of at least 4 members (excludes halogenated alkanes) is 1. The lowest BCUT2D eigenvalue weighted by Gasteiger charge is -2.06. The summed E-state index contributed by atoms with van der Waals surface area (Å²) in [6.07, 6.45) is 3.02. The Morgan fingerprint density at radius 2 is 2.13 bits per heavy atom. The Balaban J connectivity index is 3.25. The zero-order valence-corrected chi connectivity index (χ0v) is 9.58. The van der Waals surface area contributed by atoms with Crippen LogP contribution in [0.15, 0.2) is 0 Å². The van der Waals surface area contributed by atoms with Gasteiger partial charge >= 0.3 is 0 Å². The second kappa shape index (κ2) is 9.47. The quantitative estimate of drug-likeness (QED) is 0.620. The molecule has 0 aromatic heterocycles. The summed E-state index contributed by atoms with van der Waals surface area (Å²) in [5, 5.41) is 11.2. The molecule has 0 aliphatic rings. The van der Waals surface area contributed by atoms with Crippen LogP contribution >= 0.6 is 0 Å². The molecule has 4 nitrogen and oxygen atoms in total. The molecule has 0 rings (SSSR count). The highest BCUT2D eigenvalue weighted by Gasteiger charge is 2.09. The van der Waals surface area contributed by atoms with E-state index < -0.39 is 5.92 Å². The second-order valence-corrected chi connectivity index (χ2v) is 3.46. The molecule has 0 aromatic carbocycles. The molecule has 0 aromatic rings. The fourth-order valence-electron chi connectivity index (χ4n) is 0.946. The molecule has 1 N–H and O–H groups in total. The zero-order chi connectivity index (χ0) is 11.5. The Bertz CT molecular complexity index is 211. The van der Waals surface area contributed by atoms with Crippen molar-refractivity contribution in [3.05, 3.63) is 0 Å². The minimum Gasteiger partial charge on any atom is -0.381 e. The summed E-state index contributed by atoms with van der Waals surface area (Å²) < 4.78 is 5.33. The maximum Gasteiger partial charge on any atom is 0.237 e. The molecule has 0 aliphatic carbocycles. The molecule has 1 amide bonds. The fraction of sp³-hybridized carbons (Fsp3) is 0.818. The van der Waals surface area contributed by atoms with Crippen LogP contribution < -0.4 is 5.32 Å². The molecule has 0 heterocycles. The number of nitrogens with zero attached hydrogens (tertiary/aromatic N) is 1. The van der Waals surface area contributed by atoms with Crippen LogP contribution in [0, 0.1) is 17.2 Å². The van der Waals surface area contributed by atoms with Crippen LogP contribution in [0.1, 0.15) is 33.1 Å². The van der Waals surface area contributed by atoms with Gasteiger partial charge in [-0.2, -0.15) is 5.26 Å². The SMILES string of the molecule is CCCCOCCCNC(=O)C(C)C#N. The van der Waals surface area contributed by atoms with Crippen LogP contribution in [0.25, 0.3) is 0 Å². The molecule has 0 spiro atoms. The predicted molar refractivity (Wildman–Crippen MR) is 58.1 cm³/mol. The van der Waals surface area contributed by atoms with E-state index in [0.717, 1.165) is 25.9 Å². The minimum atomic E-state index is -0.564. The Hall–Kier alpha value is -1.08. The van der Waals surface area contributed by atoms with E-state index in [1.807, 2.05) is 6.07 Å². The van der Waals surface area contributed by atoms with Crippen molar-refractivity contribution in [1.82, 2.24) is 5.32 Å². The van der Waals surface area contributed by atoms with Gasteiger partial charge in [0, 0.05) is 19.8 Å². The maximum atomic E-state index is 11.1. The number of nitriles is 1. The number of hydrogen-bond donors (Lipinski definition) is 1. The third-order valence-electron chi connectivity index (χ3n) is 1.99. The molecule has 0 radical (unpaired) electrons. The van der Waals surface area contributed by atoms with Crippen molar-refractivity contribution < 1.29 is 9.53 Å². The molecule has 1 unspecified atom stereocenters. The van der Waals surface area contributed by atoms with Crippen molar-refractivity contribution in [3.63, 3.8) is 0 Å². The molecule has 86 valence electrons. The van der Waals surface area contributed by atoms with Gasteiger partial charge in [-0.15, -0.1) is 0 Å². The lowest BCUT2D eigenvalue weighted by Crippen LogP contribution is -2.29. The van der Waals surface area contributed by atoms with Gasteiger partial charge in [-0.3, -0.25) is 4.79 Å². The van der Waals surface area contributed by atoms with Crippen molar-refractivity contribution in [2.75, 3.05) is 19.8 Å². The van der Waals surface area contributed by atoms with Crippen LogP contribution in [0.2, 0.25) is 0 Å². The molecular weight excluding hydrogens is 192 g/mol. The van der Waals surface area contributed by atoms with Crippen LogP contribution in [0.3, 0.4) is 0 Å². The van der Waals surface area contributed by atoms with E-state index in [-0.39, 0.29) is 5.91 Å². The van der Waals surface area contributed by atoms with E-state index in [1.165, 1.54) is 0 Å². The molecule has 0 saturated carbocycles. The highest BCUT2D eigenvalue weighted by molar-refractivity contribution is 5.80. The van der Waals surface area contributed by atoms with Gasteiger partial charge in [0.2, 0.25) is 5.91 Å². The average molecular weight is 212 g/mol. The van der Waals surface area contributed by atoms with Crippen molar-refractivity contribution in [2.45, 2.75) is 33.1 Å². The molecule has 0 bridgehead atoms. The summed E-state index contributed by atoms with van der Waals surface area (Å²) in [5.41, 5.74) is 0. The van der Waals surface area contributed by atoms with Gasteiger partial charge in [-0.25, -0.2) is 0 Å². The number of hydrogen-bond acceptors (Lipinski definition) is 3. The summed E-state index contributed by atoms with van der Waals surface area (Å²) in [6.45, 7) is 5.75. The first kappa shape index (κ1) is 13.9. The first-order valence-corrected chi connectivity index (χ1v) is 5.47. The summed E-state index contributed by atoms with van der Waals surface area (Å²) in [4.78, 5) is 11.1. The van der Waals surface area contributed by atoms with E-state index in [0.29, 0.717) is 13.2 Å². The second-order valence-electron chi connectivity index (χ2n) is 3.46. The van der Waals surface area contributed by atoms with Crippen molar-refractivity contribution >= 4 is 5.91 Å². The average Bonchev–Trinajstić information content (AvgIpc) is 2.26. The summed E-state index contributed by atoms with van der Waals surface area (Å²) in [6, 6.07) is 1.89. The number of ether oxygens (including phenoxy) is 1. The number of carbonyl (C=O) groups excluding carboxylic acids is 1. The largest absolute Gasteiger partial charge is 0.381 e. The monoisotopic (exact) mass is 212 g/mol. The smallest absolute Gasteiger partial charge is 0.237 e. The van der Waals surface area contributed by atoms with Crippen LogP contribution in [-0.2, 0) is 9.53 Å². The summed E-state index contributed by atoms with van der Waals surface area (Å²) in [5.74, 6) is -0.767. The lowest BCUT2D eigenvalue weighted by molar-refractivity contribution is -0.122. The van der Waals surface area contributed by atoms with Gasteiger partial charge in [-0.05, 0) is 19.8 Å². The Morgan fingerprint density at radius 3 is 2.73 bits per heavy atom. The molecule has 0 fully saturated rings. The van der Waals surface area contributed by atoms with E-state index in [4.69, 9.17) is 10.00 Å². The molecule has 15 heavy (non-hydrogen) atoms. The summed E-state index contributed by atoms with van der Waals surface area (Å²) in [7, 11) is 0. The van der Waals surface area contributed by atoms with Gasteiger partial charge in [0.15, 0.2) is 0 Å². The molecule has 1 atom stereocenters. The highest BCUT2D eigenvalue weighted by Crippen LogP contribution is 1.92. The van der Waals surface area contributed by atoms with Gasteiger partial charge in [0.1, 0.15) is 5.92 Å². The van der Waals surface area contributed by atoms with Crippen molar-refractivity contribution in [2.24, 2.45) is 5.92 Å².